The number of carbonyl (C=O) groups excluding carboxylic acids is 3. The second kappa shape index (κ2) is 8.59. The number of carbonyl (C=O) groups is 3. The highest BCUT2D eigenvalue weighted by Crippen LogP contribution is 2.30. The van der Waals surface area contributed by atoms with Gasteiger partial charge in [0.05, 0.1) is 18.9 Å². The first-order valence-electron chi connectivity index (χ1n) is 9.23. The molecule has 2 aromatic rings. The van der Waals surface area contributed by atoms with Crippen LogP contribution in [0.5, 0.6) is 11.5 Å². The summed E-state index contributed by atoms with van der Waals surface area (Å²) in [4.78, 5) is 38.8. The average molecular weight is 429 g/mol. The first-order chi connectivity index (χ1) is 14.2. The van der Waals surface area contributed by atoms with Gasteiger partial charge in [-0.25, -0.2) is 9.69 Å². The minimum absolute atomic E-state index is 0.141. The predicted molar refractivity (Wildman–Crippen MR) is 114 cm³/mol. The average Bonchev–Trinajstić information content (AvgIpc) is 2.68. The molecule has 0 atom stereocenters. The van der Waals surface area contributed by atoms with Gasteiger partial charge in [0, 0.05) is 16.7 Å². The number of hydrogen-bond acceptors (Lipinski definition) is 5. The largest absolute Gasteiger partial charge is 0.497 e. The fourth-order valence-corrected chi connectivity index (χ4v) is 3.06. The number of urea groups is 1. The lowest BCUT2D eigenvalue weighted by molar-refractivity contribution is -0.122. The minimum Gasteiger partial charge on any atom is -0.497 e. The maximum Gasteiger partial charge on any atom is 0.335 e. The summed E-state index contributed by atoms with van der Waals surface area (Å²) < 4.78 is 11.0. The van der Waals surface area contributed by atoms with Gasteiger partial charge in [0.1, 0.15) is 17.1 Å². The Kier molecular flexibility index (Phi) is 6.12. The van der Waals surface area contributed by atoms with Crippen LogP contribution in [0.4, 0.5) is 10.5 Å². The van der Waals surface area contributed by atoms with Gasteiger partial charge in [-0.05, 0) is 56.7 Å². The fourth-order valence-electron chi connectivity index (χ4n) is 2.89. The molecule has 1 heterocycles. The van der Waals surface area contributed by atoms with Crippen LogP contribution in [0, 0.1) is 6.92 Å². The molecule has 8 heteroatoms. The van der Waals surface area contributed by atoms with Crippen LogP contribution >= 0.6 is 11.6 Å². The number of amides is 4. The van der Waals surface area contributed by atoms with Crippen LogP contribution in [0.2, 0.25) is 5.02 Å². The molecule has 0 saturated carbocycles. The van der Waals surface area contributed by atoms with Crippen molar-refractivity contribution < 1.29 is 23.9 Å². The number of aryl methyl sites for hydroxylation is 1. The smallest absolute Gasteiger partial charge is 0.335 e. The normalized spacial score (nSPS) is 15.6. The Bertz CT molecular complexity index is 1060. The third kappa shape index (κ3) is 4.31. The van der Waals surface area contributed by atoms with Crippen molar-refractivity contribution in [1.29, 1.82) is 0 Å². The van der Waals surface area contributed by atoms with Gasteiger partial charge >= 0.3 is 6.03 Å². The number of halogens is 1. The second-order valence-electron chi connectivity index (χ2n) is 6.96. The van der Waals surface area contributed by atoms with Crippen molar-refractivity contribution in [3.05, 3.63) is 58.1 Å². The molecule has 1 aliphatic rings. The molecule has 156 valence electrons. The van der Waals surface area contributed by atoms with E-state index in [0.717, 1.165) is 10.5 Å². The molecule has 0 aromatic heterocycles. The lowest BCUT2D eigenvalue weighted by Gasteiger charge is -2.26. The molecule has 0 aliphatic carbocycles. The summed E-state index contributed by atoms with van der Waals surface area (Å²) in [5, 5.41) is 2.60. The number of hydrogen-bond donors (Lipinski definition) is 1. The topological polar surface area (TPSA) is 84.9 Å². The zero-order valence-corrected chi connectivity index (χ0v) is 17.7. The summed E-state index contributed by atoms with van der Waals surface area (Å²) in [6, 6.07) is 8.97. The highest BCUT2D eigenvalue weighted by molar-refractivity contribution is 6.39. The third-order valence-corrected chi connectivity index (χ3v) is 4.81. The molecular formula is C22H21ClN2O5. The van der Waals surface area contributed by atoms with Gasteiger partial charge in [-0.3, -0.25) is 14.9 Å². The minimum atomic E-state index is -0.838. The Hall–Kier alpha value is -3.32. The second-order valence-corrected chi connectivity index (χ2v) is 7.37. The van der Waals surface area contributed by atoms with Crippen molar-refractivity contribution in [1.82, 2.24) is 5.32 Å². The predicted octanol–water partition coefficient (Wildman–Crippen LogP) is 4.11. The van der Waals surface area contributed by atoms with E-state index in [1.54, 1.807) is 37.3 Å². The maximum absolute atomic E-state index is 13.1. The molecule has 1 saturated heterocycles. The van der Waals surface area contributed by atoms with Crippen LogP contribution in [0.25, 0.3) is 6.08 Å². The number of ether oxygens (including phenoxy) is 2. The summed E-state index contributed by atoms with van der Waals surface area (Å²) >= 11 is 6.14. The van der Waals surface area contributed by atoms with Gasteiger partial charge in [-0.2, -0.15) is 0 Å². The van der Waals surface area contributed by atoms with Gasteiger partial charge in [0.25, 0.3) is 11.8 Å². The number of nitrogens with one attached hydrogen (secondary N) is 1. The van der Waals surface area contributed by atoms with Crippen molar-refractivity contribution in [3.8, 4) is 11.5 Å². The van der Waals surface area contributed by atoms with Gasteiger partial charge in [-0.1, -0.05) is 17.7 Å². The van der Waals surface area contributed by atoms with E-state index >= 15 is 0 Å². The molecule has 0 spiro atoms. The Labute approximate surface area is 179 Å². The Morgan fingerprint density at radius 1 is 1.10 bits per heavy atom. The van der Waals surface area contributed by atoms with Crippen molar-refractivity contribution in [2.45, 2.75) is 26.9 Å². The van der Waals surface area contributed by atoms with E-state index in [9.17, 15) is 14.4 Å². The maximum atomic E-state index is 13.1. The molecule has 4 amide bonds. The third-order valence-electron chi connectivity index (χ3n) is 4.40. The molecule has 1 aliphatic heterocycles. The number of anilines is 1. The quantitative estimate of drug-likeness (QED) is 0.572. The Morgan fingerprint density at radius 2 is 1.83 bits per heavy atom. The van der Waals surface area contributed by atoms with Crippen LogP contribution in [0.3, 0.4) is 0 Å². The van der Waals surface area contributed by atoms with Crippen molar-refractivity contribution in [2.24, 2.45) is 0 Å². The van der Waals surface area contributed by atoms with Gasteiger partial charge in [-0.15, -0.1) is 0 Å². The van der Waals surface area contributed by atoms with E-state index in [0.29, 0.717) is 22.1 Å². The zero-order valence-electron chi connectivity index (χ0n) is 17.0. The number of rotatable bonds is 5. The highest BCUT2D eigenvalue weighted by Gasteiger charge is 2.37. The summed E-state index contributed by atoms with van der Waals surface area (Å²) in [7, 11) is 1.53. The highest BCUT2D eigenvalue weighted by atomic mass is 35.5. The molecule has 1 fully saturated rings. The van der Waals surface area contributed by atoms with E-state index in [1.165, 1.54) is 19.3 Å². The summed E-state index contributed by atoms with van der Waals surface area (Å²) in [5.41, 5.74) is 1.36. The van der Waals surface area contributed by atoms with E-state index in [2.05, 4.69) is 5.32 Å². The number of nitrogens with zero attached hydrogens (tertiary/aromatic N) is 1. The SMILES string of the molecule is COc1ccc(/C=C2\C(=O)NC(=O)N(c3ccc(C)c(Cl)c3)C2=O)c(OC(C)C)c1. The molecule has 0 radical (unpaired) electrons. The lowest BCUT2D eigenvalue weighted by Crippen LogP contribution is -2.54. The Balaban J connectivity index is 2.05. The number of barbiturate groups is 1. The molecule has 3 rings (SSSR count). The first-order valence-corrected chi connectivity index (χ1v) is 9.61. The van der Waals surface area contributed by atoms with Crippen molar-refractivity contribution in [3.63, 3.8) is 0 Å². The Morgan fingerprint density at radius 3 is 2.47 bits per heavy atom. The van der Waals surface area contributed by atoms with E-state index in [-0.39, 0.29) is 17.4 Å². The van der Waals surface area contributed by atoms with E-state index in [1.807, 2.05) is 13.8 Å². The summed E-state index contributed by atoms with van der Waals surface area (Å²) in [6.07, 6.45) is 1.25. The first kappa shape index (κ1) is 21.4. The van der Waals surface area contributed by atoms with Crippen LogP contribution in [0.1, 0.15) is 25.0 Å². The molecule has 2 aromatic carbocycles. The molecule has 30 heavy (non-hydrogen) atoms. The monoisotopic (exact) mass is 428 g/mol. The van der Waals surface area contributed by atoms with Crippen molar-refractivity contribution >= 4 is 41.2 Å². The lowest BCUT2D eigenvalue weighted by atomic mass is 10.1. The van der Waals surface area contributed by atoms with Crippen molar-refractivity contribution in [2.75, 3.05) is 12.0 Å². The molecule has 7 nitrogen and oxygen atoms in total. The van der Waals surface area contributed by atoms with Gasteiger partial charge < -0.3 is 9.47 Å². The van der Waals surface area contributed by atoms with Crippen LogP contribution in [0.15, 0.2) is 42.0 Å². The van der Waals surface area contributed by atoms with Crippen LogP contribution < -0.4 is 19.7 Å². The fraction of sp³-hybridized carbons (Fsp3) is 0.227. The summed E-state index contributed by atoms with van der Waals surface area (Å²) in [5.74, 6) is -0.529. The molecule has 1 N–H and O–H groups in total. The number of methoxy groups -OCH3 is 1. The van der Waals surface area contributed by atoms with E-state index < -0.39 is 17.8 Å². The molecular weight excluding hydrogens is 408 g/mol. The molecule has 0 unspecified atom stereocenters. The molecule has 0 bridgehead atoms. The number of benzene rings is 2. The van der Waals surface area contributed by atoms with Gasteiger partial charge in [0.15, 0.2) is 0 Å². The summed E-state index contributed by atoms with van der Waals surface area (Å²) in [6.45, 7) is 5.52. The zero-order chi connectivity index (χ0) is 22.0. The van der Waals surface area contributed by atoms with Gasteiger partial charge in [0.2, 0.25) is 0 Å². The van der Waals surface area contributed by atoms with E-state index in [4.69, 9.17) is 21.1 Å². The standard InChI is InChI=1S/C22H21ClN2O5/c1-12(2)30-19-11-16(29-4)8-6-14(19)9-17-20(26)24-22(28)25(21(17)27)15-7-5-13(3)18(23)10-15/h5-12H,1-4H3,(H,24,26,28)/b17-9+. The number of imide groups is 2. The van der Waals surface area contributed by atoms with Crippen LogP contribution in [-0.2, 0) is 9.59 Å². The van der Waals surface area contributed by atoms with Crippen LogP contribution in [-0.4, -0.2) is 31.1 Å².